The van der Waals surface area contributed by atoms with Crippen molar-refractivity contribution in [1.29, 1.82) is 0 Å². The molecule has 1 amide bonds. The molecule has 0 aliphatic carbocycles. The van der Waals surface area contributed by atoms with Gasteiger partial charge in [-0.05, 0) is 25.8 Å². The maximum atomic E-state index is 12.2. The summed E-state index contributed by atoms with van der Waals surface area (Å²) in [4.78, 5) is 38.4. The van der Waals surface area contributed by atoms with Crippen LogP contribution in [0.25, 0.3) is 0 Å². The van der Waals surface area contributed by atoms with Crippen LogP contribution in [0.1, 0.15) is 30.3 Å². The molecule has 0 aromatic carbocycles. The molecular formula is C12H14N2O4. The van der Waals surface area contributed by atoms with Crippen molar-refractivity contribution in [3.05, 3.63) is 34.2 Å². The molecule has 2 heterocycles. The number of pyridine rings is 1. The number of hydrogen-bond donors (Lipinski definition) is 2. The van der Waals surface area contributed by atoms with Crippen LogP contribution < -0.4 is 5.56 Å². The summed E-state index contributed by atoms with van der Waals surface area (Å²) in [5, 5.41) is 9.23. The maximum absolute atomic E-state index is 12.2. The van der Waals surface area contributed by atoms with Gasteiger partial charge < -0.3 is 15.0 Å². The Morgan fingerprint density at radius 2 is 2.17 bits per heavy atom. The minimum Gasteiger partial charge on any atom is -0.480 e. The third kappa shape index (κ3) is 1.90. The molecule has 18 heavy (non-hydrogen) atoms. The van der Waals surface area contributed by atoms with Gasteiger partial charge in [0.2, 0.25) is 5.56 Å². The number of carboxylic acid groups (broad SMARTS) is 1. The fourth-order valence-electron chi connectivity index (χ4n) is 2.23. The van der Waals surface area contributed by atoms with Crippen LogP contribution in [0.15, 0.2) is 23.0 Å². The van der Waals surface area contributed by atoms with Gasteiger partial charge in [0, 0.05) is 12.6 Å². The number of carbonyl (C=O) groups is 2. The predicted octanol–water partition coefficient (Wildman–Crippen LogP) is 0.454. The fraction of sp³-hybridized carbons (Fsp3) is 0.417. The Kier molecular flexibility index (Phi) is 2.94. The number of aromatic nitrogens is 1. The molecule has 0 saturated carbocycles. The first-order valence-electron chi connectivity index (χ1n) is 5.70. The first-order valence-corrected chi connectivity index (χ1v) is 5.70. The summed E-state index contributed by atoms with van der Waals surface area (Å²) in [7, 11) is 0. The molecule has 0 bridgehead atoms. The van der Waals surface area contributed by atoms with Crippen molar-refractivity contribution in [2.45, 2.75) is 25.3 Å². The number of aromatic amines is 1. The van der Waals surface area contributed by atoms with E-state index in [1.807, 2.05) is 0 Å². The SMILES string of the molecule is CC1(C(=O)O)CCCN1C(=O)c1cccc(=O)[nH]1. The molecule has 1 aliphatic rings. The molecule has 1 aliphatic heterocycles. The van der Waals surface area contributed by atoms with Crippen LogP contribution in [0.4, 0.5) is 0 Å². The van der Waals surface area contributed by atoms with Crippen LogP contribution in [0.5, 0.6) is 0 Å². The molecular weight excluding hydrogens is 236 g/mol. The third-order valence-electron chi connectivity index (χ3n) is 3.35. The highest BCUT2D eigenvalue weighted by molar-refractivity contribution is 5.96. The van der Waals surface area contributed by atoms with E-state index in [2.05, 4.69) is 4.98 Å². The van der Waals surface area contributed by atoms with E-state index < -0.39 is 17.4 Å². The zero-order chi connectivity index (χ0) is 13.3. The van der Waals surface area contributed by atoms with E-state index in [0.29, 0.717) is 19.4 Å². The Morgan fingerprint density at radius 1 is 1.44 bits per heavy atom. The van der Waals surface area contributed by atoms with Gasteiger partial charge in [-0.3, -0.25) is 9.59 Å². The van der Waals surface area contributed by atoms with E-state index in [9.17, 15) is 19.5 Å². The average Bonchev–Trinajstić information content (AvgIpc) is 2.72. The summed E-state index contributed by atoms with van der Waals surface area (Å²) in [6, 6.07) is 4.25. The minimum absolute atomic E-state index is 0.122. The first-order chi connectivity index (χ1) is 8.45. The van der Waals surface area contributed by atoms with Gasteiger partial charge in [-0.2, -0.15) is 0 Å². The first kappa shape index (κ1) is 12.3. The van der Waals surface area contributed by atoms with Crippen LogP contribution in [0.2, 0.25) is 0 Å². The molecule has 1 fully saturated rings. The highest BCUT2D eigenvalue weighted by atomic mass is 16.4. The number of carboxylic acids is 1. The van der Waals surface area contributed by atoms with E-state index in [4.69, 9.17) is 0 Å². The molecule has 1 atom stereocenters. The molecule has 2 N–H and O–H groups in total. The second-order valence-corrected chi connectivity index (χ2v) is 4.57. The number of carbonyl (C=O) groups excluding carboxylic acids is 1. The molecule has 1 unspecified atom stereocenters. The van der Waals surface area contributed by atoms with Crippen molar-refractivity contribution < 1.29 is 14.7 Å². The maximum Gasteiger partial charge on any atom is 0.329 e. The Bertz CT molecular complexity index is 551. The van der Waals surface area contributed by atoms with Crippen molar-refractivity contribution in [2.75, 3.05) is 6.54 Å². The lowest BCUT2D eigenvalue weighted by atomic mass is 9.99. The van der Waals surface area contributed by atoms with Crippen LogP contribution in [-0.4, -0.2) is 39.0 Å². The summed E-state index contributed by atoms with van der Waals surface area (Å²) in [6.07, 6.45) is 1.07. The van der Waals surface area contributed by atoms with Gasteiger partial charge in [-0.1, -0.05) is 6.07 Å². The fourth-order valence-corrected chi connectivity index (χ4v) is 2.23. The van der Waals surface area contributed by atoms with Crippen LogP contribution in [0.3, 0.4) is 0 Å². The zero-order valence-electron chi connectivity index (χ0n) is 9.97. The van der Waals surface area contributed by atoms with Crippen LogP contribution >= 0.6 is 0 Å². The van der Waals surface area contributed by atoms with E-state index >= 15 is 0 Å². The average molecular weight is 250 g/mol. The number of hydrogen-bond acceptors (Lipinski definition) is 3. The molecule has 1 aromatic heterocycles. The lowest BCUT2D eigenvalue weighted by molar-refractivity contribution is -0.147. The minimum atomic E-state index is -1.19. The monoisotopic (exact) mass is 250 g/mol. The third-order valence-corrected chi connectivity index (χ3v) is 3.35. The van der Waals surface area contributed by atoms with Crippen molar-refractivity contribution >= 4 is 11.9 Å². The molecule has 6 nitrogen and oxygen atoms in total. The molecule has 0 radical (unpaired) electrons. The highest BCUT2D eigenvalue weighted by Gasteiger charge is 2.46. The quantitative estimate of drug-likeness (QED) is 0.797. The van der Waals surface area contributed by atoms with Crippen molar-refractivity contribution in [3.8, 4) is 0 Å². The van der Waals surface area contributed by atoms with E-state index in [0.717, 1.165) is 0 Å². The van der Waals surface area contributed by atoms with E-state index in [-0.39, 0.29) is 11.3 Å². The number of amides is 1. The second-order valence-electron chi connectivity index (χ2n) is 4.57. The predicted molar refractivity (Wildman–Crippen MR) is 63.4 cm³/mol. The smallest absolute Gasteiger partial charge is 0.329 e. The molecule has 96 valence electrons. The van der Waals surface area contributed by atoms with Gasteiger partial charge in [-0.25, -0.2) is 4.79 Å². The summed E-state index contributed by atoms with van der Waals surface area (Å²) in [5.74, 6) is -1.47. The van der Waals surface area contributed by atoms with Crippen molar-refractivity contribution in [2.24, 2.45) is 0 Å². The Morgan fingerprint density at radius 3 is 2.78 bits per heavy atom. The molecule has 2 rings (SSSR count). The Labute approximate surface area is 103 Å². The Hall–Kier alpha value is -2.11. The standard InChI is InChI=1S/C12H14N2O4/c1-12(11(17)18)6-3-7-14(12)10(16)8-4-2-5-9(15)13-8/h2,4-5H,3,6-7H2,1H3,(H,13,15)(H,17,18). The van der Waals surface area contributed by atoms with Crippen LogP contribution in [0, 0.1) is 0 Å². The summed E-state index contributed by atoms with van der Waals surface area (Å²) in [6.45, 7) is 1.92. The number of likely N-dealkylation sites (tertiary alicyclic amines) is 1. The van der Waals surface area contributed by atoms with Crippen molar-refractivity contribution in [3.63, 3.8) is 0 Å². The van der Waals surface area contributed by atoms with Gasteiger partial charge in [-0.15, -0.1) is 0 Å². The normalized spacial score (nSPS) is 23.1. The number of nitrogens with one attached hydrogen (secondary N) is 1. The summed E-state index contributed by atoms with van der Waals surface area (Å²) >= 11 is 0. The highest BCUT2D eigenvalue weighted by Crippen LogP contribution is 2.30. The Balaban J connectivity index is 2.34. The van der Waals surface area contributed by atoms with Crippen LogP contribution in [-0.2, 0) is 4.79 Å². The molecule has 1 aromatic rings. The largest absolute Gasteiger partial charge is 0.480 e. The molecule has 0 spiro atoms. The molecule has 6 heteroatoms. The number of aliphatic carboxylic acids is 1. The second kappa shape index (κ2) is 4.29. The summed E-state index contributed by atoms with van der Waals surface area (Å²) < 4.78 is 0. The van der Waals surface area contributed by atoms with E-state index in [1.54, 1.807) is 0 Å². The number of nitrogens with zero attached hydrogens (tertiary/aromatic N) is 1. The van der Waals surface area contributed by atoms with Gasteiger partial charge in [0.1, 0.15) is 11.2 Å². The van der Waals surface area contributed by atoms with Crippen molar-refractivity contribution in [1.82, 2.24) is 9.88 Å². The number of H-pyrrole nitrogens is 1. The van der Waals surface area contributed by atoms with Gasteiger partial charge in [0.05, 0.1) is 0 Å². The molecule has 1 saturated heterocycles. The lowest BCUT2D eigenvalue weighted by Crippen LogP contribution is -2.51. The van der Waals surface area contributed by atoms with Gasteiger partial charge >= 0.3 is 5.97 Å². The topological polar surface area (TPSA) is 90.5 Å². The van der Waals surface area contributed by atoms with Gasteiger partial charge in [0.25, 0.3) is 5.91 Å². The number of rotatable bonds is 2. The van der Waals surface area contributed by atoms with E-state index in [1.165, 1.54) is 30.0 Å². The summed E-state index contributed by atoms with van der Waals surface area (Å²) in [5.41, 5.74) is -1.45. The zero-order valence-corrected chi connectivity index (χ0v) is 9.97. The lowest BCUT2D eigenvalue weighted by Gasteiger charge is -2.30. The van der Waals surface area contributed by atoms with Gasteiger partial charge in [0.15, 0.2) is 0 Å².